The Kier molecular flexibility index (Phi) is 5.96. The Hall–Kier alpha value is 0. The van der Waals surface area contributed by atoms with Crippen molar-refractivity contribution in [1.29, 1.82) is 0 Å². The van der Waals surface area contributed by atoms with Gasteiger partial charge in [0.05, 0.1) is 0 Å². The Bertz CT molecular complexity index is 3390. The van der Waals surface area contributed by atoms with Gasteiger partial charge >= 0.3 is 0 Å². The minimum Gasteiger partial charge on any atom is -0.0651 e. The SMILES string of the molecule is CCC1CCC23C4C5(CC(CC)C(C1)C1CCC15)C(C1CCC1)(C1CC(C)C1)C(C)(C1CCC1)C1(C5CCC5)C56C7CC8CCC(C9CCC9)CCC9CCC9C9C%10C%11C%12CC%13C%14C%15C(C5C87)C65C41C21C%155C%142C%12%13C%114C%105C9(C6CCC6)CC35C421. The van der Waals surface area contributed by atoms with Crippen molar-refractivity contribution in [3.8, 4) is 0 Å². The van der Waals surface area contributed by atoms with Gasteiger partial charge in [-0.05, 0) is 418 Å². The molecule has 0 saturated heterocycles. The standard InChI is InChI=1S/C83H108/c1-5-40-30-31-70-66-68(37-41(6-2)53(34-40)52-28-29-54(52)68)72(48-18-10-19-48,50-32-39(3)33-50)67(4,46-14-8-15-46)75(49-20-11-21-49)74-55-35-45-25-23-43(42-12-7-13-42)22-24-44-26-27-51(44)59-63-60-56-36-57-61-64-65(62(74)58(45)55)77(74)80(64)79(61)73(56,57)78(60)76(63)69(59,47-16-9-17-47)38-71(70,76)83(78,79)82(70,80)81(66,75)77/h39-66H,5-38H2,1-4H3. The van der Waals surface area contributed by atoms with Crippen LogP contribution in [0.15, 0.2) is 0 Å². The predicted octanol–water partition coefficient (Wildman–Crippen LogP) is 18.8. The van der Waals surface area contributed by atoms with Crippen molar-refractivity contribution >= 4 is 0 Å². The molecule has 0 aromatic heterocycles. The van der Waals surface area contributed by atoms with E-state index in [0.29, 0.717) is 16.2 Å². The second-order valence-corrected chi connectivity index (χ2v) is 43.2. The normalized spacial score (nSPS) is 82.2. The molecule has 0 heteroatoms. The Labute approximate surface area is 500 Å². The first-order valence-electron chi connectivity index (χ1n) is 40.8. The molecule has 39 saturated carbocycles. The molecule has 83 heavy (non-hydrogen) atoms. The molecule has 39 rings (SSSR count). The van der Waals surface area contributed by atoms with Crippen LogP contribution < -0.4 is 0 Å². The lowest BCUT2D eigenvalue weighted by molar-refractivity contribution is -1.06. The molecule has 0 aliphatic heterocycles. The highest BCUT2D eigenvalue weighted by molar-refractivity contribution is 5.96. The van der Waals surface area contributed by atoms with Gasteiger partial charge in [-0.2, -0.15) is 0 Å². The summed E-state index contributed by atoms with van der Waals surface area (Å²) in [6.45, 7) is 12.2. The molecule has 39 fully saturated rings. The van der Waals surface area contributed by atoms with Crippen LogP contribution in [-0.4, -0.2) is 0 Å². The molecule has 39 aliphatic rings. The quantitative estimate of drug-likeness (QED) is 0.227. The molecular formula is C83H108. The average molecular weight is 1110 g/mol. The predicted molar refractivity (Wildman–Crippen MR) is 319 cm³/mol. The Balaban J connectivity index is 0.778. The van der Waals surface area contributed by atoms with E-state index in [9.17, 15) is 0 Å². The van der Waals surface area contributed by atoms with Crippen LogP contribution in [0.1, 0.15) is 246 Å². The molecule has 0 aromatic rings. The van der Waals surface area contributed by atoms with Gasteiger partial charge in [0.25, 0.3) is 0 Å². The molecule has 0 heterocycles. The van der Waals surface area contributed by atoms with Crippen molar-refractivity contribution in [2.45, 2.75) is 246 Å². The van der Waals surface area contributed by atoms with Crippen LogP contribution in [-0.2, 0) is 0 Å². The number of rotatable bonds is 8. The van der Waals surface area contributed by atoms with Crippen molar-refractivity contribution in [2.75, 3.05) is 0 Å². The summed E-state index contributed by atoms with van der Waals surface area (Å²) in [6.07, 6.45) is 58.2. The van der Waals surface area contributed by atoms with Gasteiger partial charge in [-0.1, -0.05) is 85.5 Å². The molecule has 38 atom stereocenters. The molecule has 0 nitrogen and oxygen atoms in total. The van der Waals surface area contributed by atoms with Crippen molar-refractivity contribution in [2.24, 2.45) is 258 Å². The summed E-state index contributed by atoms with van der Waals surface area (Å²) >= 11 is 0. The molecular weight excluding hydrogens is 997 g/mol. The maximum Gasteiger partial charge on any atom is -0.00137 e. The molecule has 26 bridgehead atoms. The maximum absolute atomic E-state index is 3.62. The lowest BCUT2D eigenvalue weighted by Gasteiger charge is -3.51. The third kappa shape index (κ3) is 2.41. The highest BCUT2D eigenvalue weighted by Gasteiger charge is 3.52. The average Bonchev–Trinajstić information content (AvgIpc) is 0.458. The molecule has 0 N–H and O–H groups in total. The molecule has 0 amide bonds. The summed E-state index contributed by atoms with van der Waals surface area (Å²) in [6, 6.07) is 0. The van der Waals surface area contributed by atoms with Crippen LogP contribution in [0.25, 0.3) is 0 Å². The molecule has 13 spiro atoms. The first kappa shape index (κ1) is 44.5. The van der Waals surface area contributed by atoms with Crippen molar-refractivity contribution in [3.63, 3.8) is 0 Å². The highest BCUT2D eigenvalue weighted by atomic mass is 15.5. The van der Waals surface area contributed by atoms with Gasteiger partial charge in [0, 0.05) is 0 Å². The van der Waals surface area contributed by atoms with E-state index in [0.717, 1.165) is 159 Å². The van der Waals surface area contributed by atoms with Gasteiger partial charge in [0.2, 0.25) is 0 Å². The van der Waals surface area contributed by atoms with Crippen LogP contribution in [0.4, 0.5) is 0 Å². The van der Waals surface area contributed by atoms with Gasteiger partial charge < -0.3 is 0 Å². The second kappa shape index (κ2) is 11.1. The van der Waals surface area contributed by atoms with E-state index < -0.39 is 0 Å². The maximum atomic E-state index is 3.62. The van der Waals surface area contributed by atoms with Crippen molar-refractivity contribution < 1.29 is 0 Å². The topological polar surface area (TPSA) is 0 Å². The zero-order chi connectivity index (χ0) is 52.7. The van der Waals surface area contributed by atoms with Crippen LogP contribution in [0.3, 0.4) is 0 Å². The fourth-order valence-electron chi connectivity index (χ4n) is 51.4. The van der Waals surface area contributed by atoms with Gasteiger partial charge in [-0.3, -0.25) is 0 Å². The van der Waals surface area contributed by atoms with E-state index in [-0.39, 0.29) is 0 Å². The van der Waals surface area contributed by atoms with Gasteiger partial charge in [-0.15, -0.1) is 0 Å². The van der Waals surface area contributed by atoms with E-state index in [1.54, 1.807) is 193 Å². The van der Waals surface area contributed by atoms with Crippen LogP contribution >= 0.6 is 0 Å². The molecule has 0 aromatic carbocycles. The third-order valence-electron chi connectivity index (χ3n) is 48.4. The van der Waals surface area contributed by atoms with Gasteiger partial charge in [0.1, 0.15) is 0 Å². The lowest BCUT2D eigenvalue weighted by Crippen LogP contribution is -3.49. The third-order valence-corrected chi connectivity index (χ3v) is 48.4. The van der Waals surface area contributed by atoms with E-state index in [1.807, 2.05) is 25.7 Å². The van der Waals surface area contributed by atoms with Crippen LogP contribution in [0.2, 0.25) is 0 Å². The van der Waals surface area contributed by atoms with Crippen LogP contribution in [0, 0.1) is 258 Å². The van der Waals surface area contributed by atoms with Gasteiger partial charge in [-0.25, -0.2) is 0 Å². The van der Waals surface area contributed by atoms with E-state index >= 15 is 0 Å². The fraction of sp³-hybridized carbons (Fsp3) is 1.00. The summed E-state index contributed by atoms with van der Waals surface area (Å²) in [5.41, 5.74) is 14.1. The molecule has 0 radical (unpaired) electrons. The Morgan fingerprint density at radius 1 is 0.386 bits per heavy atom. The molecule has 440 valence electrons. The summed E-state index contributed by atoms with van der Waals surface area (Å²) in [7, 11) is 0. The second-order valence-electron chi connectivity index (χ2n) is 43.2. The minimum atomic E-state index is 0.619. The largest absolute Gasteiger partial charge is 0.0651 e. The number of hydrogen-bond acceptors (Lipinski definition) is 0. The monoisotopic (exact) mass is 1100 g/mol. The van der Waals surface area contributed by atoms with Crippen LogP contribution in [0.5, 0.6) is 0 Å². The summed E-state index contributed by atoms with van der Waals surface area (Å²) in [5.74, 6) is 33.0. The minimum absolute atomic E-state index is 0.619. The van der Waals surface area contributed by atoms with E-state index in [1.165, 1.54) is 82.9 Å². The van der Waals surface area contributed by atoms with E-state index in [4.69, 9.17) is 0 Å². The van der Waals surface area contributed by atoms with Crippen molar-refractivity contribution in [1.82, 2.24) is 0 Å². The van der Waals surface area contributed by atoms with Crippen molar-refractivity contribution in [3.05, 3.63) is 0 Å². The smallest absolute Gasteiger partial charge is 0.00137 e. The first-order chi connectivity index (χ1) is 40.8. The Morgan fingerprint density at radius 3 is 1.69 bits per heavy atom. The number of hydrogen-bond donors (Lipinski definition) is 0. The first-order valence-corrected chi connectivity index (χ1v) is 40.8. The van der Waals surface area contributed by atoms with Gasteiger partial charge in [0.15, 0.2) is 0 Å². The summed E-state index contributed by atoms with van der Waals surface area (Å²) < 4.78 is 0. The zero-order valence-electron chi connectivity index (χ0n) is 52.7. The zero-order valence-corrected chi connectivity index (χ0v) is 52.7. The lowest BCUT2D eigenvalue weighted by atomic mass is 8.51. The summed E-state index contributed by atoms with van der Waals surface area (Å²) in [5, 5.41) is 0. The van der Waals surface area contributed by atoms with E-state index in [2.05, 4.69) is 27.7 Å². The fourth-order valence-corrected chi connectivity index (χ4v) is 51.4. The highest BCUT2D eigenvalue weighted by Crippen LogP contribution is 3.53. The Morgan fingerprint density at radius 2 is 1.05 bits per heavy atom. The molecule has 38 unspecified atom stereocenters. The number of fused-ring (bicyclic) bond motifs is 4. The summed E-state index contributed by atoms with van der Waals surface area (Å²) in [4.78, 5) is 0. The molecule has 39 aliphatic carbocycles.